The zero-order valence-electron chi connectivity index (χ0n) is 30.0. The monoisotopic (exact) mass is 700 g/mol. The summed E-state index contributed by atoms with van der Waals surface area (Å²) in [5.41, 5.74) is 1.16. The molecule has 274 valence electrons. The third-order valence-corrected chi connectivity index (χ3v) is 10.7. The first-order valence-corrected chi connectivity index (χ1v) is 18.2. The molecule has 51 heavy (non-hydrogen) atoms. The second-order valence-electron chi connectivity index (χ2n) is 13.5. The van der Waals surface area contributed by atoms with Crippen LogP contribution in [0.15, 0.2) is 79.9 Å². The molecular weight excluding hydrogens is 648 g/mol. The summed E-state index contributed by atoms with van der Waals surface area (Å²) in [6.07, 6.45) is 4.66. The van der Waals surface area contributed by atoms with Crippen LogP contribution in [0.2, 0.25) is 0 Å². The lowest BCUT2D eigenvalue weighted by atomic mass is 9.70. The van der Waals surface area contributed by atoms with Crippen molar-refractivity contribution in [3.05, 3.63) is 85.5 Å². The molecule has 7 atom stereocenters. The fraction of sp³-hybridized carbons (Fsp3) is 0.500. The fourth-order valence-corrected chi connectivity index (χ4v) is 8.15. The Labute approximate surface area is 301 Å². The minimum atomic E-state index is -1.26. The van der Waals surface area contributed by atoms with Crippen LogP contribution in [0.4, 0.5) is 11.4 Å². The zero-order valence-corrected chi connectivity index (χ0v) is 30.0. The molecule has 3 aliphatic heterocycles. The van der Waals surface area contributed by atoms with Crippen LogP contribution < -0.4 is 15.1 Å². The smallest absolute Gasteiger partial charge is 0.306 e. The molecule has 3 aliphatic rings. The number of anilines is 2. The molecule has 2 aromatic rings. The molecule has 11 heteroatoms. The first kappa shape index (κ1) is 37.8. The number of nitrogens with one attached hydrogen (secondary N) is 1. The summed E-state index contributed by atoms with van der Waals surface area (Å²) in [6, 6.07) is 14.6. The molecule has 3 amide bonds. The first-order valence-electron chi connectivity index (χ1n) is 18.2. The maximum Gasteiger partial charge on any atom is 0.306 e. The summed E-state index contributed by atoms with van der Waals surface area (Å²) in [5, 5.41) is 13.6. The molecule has 0 aliphatic carbocycles. The number of hydrogen-bond acceptors (Lipinski definition) is 8. The van der Waals surface area contributed by atoms with Gasteiger partial charge in [-0.15, -0.1) is 13.2 Å². The highest BCUT2D eigenvalue weighted by Crippen LogP contribution is 2.59. The second-order valence-corrected chi connectivity index (χ2v) is 13.5. The van der Waals surface area contributed by atoms with Crippen molar-refractivity contribution in [2.24, 2.45) is 11.8 Å². The van der Waals surface area contributed by atoms with E-state index in [0.717, 1.165) is 24.3 Å². The Balaban J connectivity index is 1.47. The minimum Gasteiger partial charge on any atom is -0.463 e. The quantitative estimate of drug-likeness (QED) is 0.171. The van der Waals surface area contributed by atoms with Gasteiger partial charge >= 0.3 is 5.97 Å². The van der Waals surface area contributed by atoms with Gasteiger partial charge in [-0.3, -0.25) is 19.2 Å². The summed E-state index contributed by atoms with van der Waals surface area (Å²) in [5.74, 6) is -3.35. The summed E-state index contributed by atoms with van der Waals surface area (Å²) in [7, 11) is 0. The van der Waals surface area contributed by atoms with Crippen molar-refractivity contribution >= 4 is 35.1 Å². The Kier molecular flexibility index (Phi) is 12.4. The fourth-order valence-electron chi connectivity index (χ4n) is 8.15. The van der Waals surface area contributed by atoms with Crippen LogP contribution in [0.25, 0.3) is 0 Å². The molecule has 0 unspecified atom stereocenters. The summed E-state index contributed by atoms with van der Waals surface area (Å²) < 4.78 is 12.2. The number of carbonyl (C=O) groups excluding carboxylic acids is 4. The number of nitrogens with zero attached hydrogens (tertiary/aromatic N) is 3. The average molecular weight is 701 g/mol. The van der Waals surface area contributed by atoms with Crippen molar-refractivity contribution in [2.45, 2.75) is 82.7 Å². The van der Waals surface area contributed by atoms with Crippen LogP contribution in [0.5, 0.6) is 0 Å². The number of ether oxygens (including phenoxy) is 2. The summed E-state index contributed by atoms with van der Waals surface area (Å²) >= 11 is 0. The molecule has 11 nitrogen and oxygen atoms in total. The molecule has 0 radical (unpaired) electrons. The van der Waals surface area contributed by atoms with Gasteiger partial charge in [0.1, 0.15) is 18.2 Å². The number of aliphatic hydroxyl groups excluding tert-OH is 1. The number of esters is 1. The number of hydrogen-bond donors (Lipinski definition) is 2. The van der Waals surface area contributed by atoms with Gasteiger partial charge in [-0.25, -0.2) is 0 Å². The van der Waals surface area contributed by atoms with Crippen LogP contribution in [-0.2, 0) is 28.7 Å². The van der Waals surface area contributed by atoms with E-state index in [0.29, 0.717) is 31.4 Å². The van der Waals surface area contributed by atoms with Gasteiger partial charge in [-0.05, 0) is 69.4 Å². The lowest BCUT2D eigenvalue weighted by molar-refractivity contribution is -0.146. The number of fused-ring (bicyclic) bond motifs is 1. The SMILES string of the molecule is C=CCCC(=O)OC[C@@H](NC(=O)[C@@H]1[C@@H]2CC[C@]3(O2)[C@H](C(=O)N(CC=C)c2ccc(N(CC)CC)cc2)N([C@@H](CC)CO)C(=O)[C@@H]13)c1ccccc1. The Morgan fingerprint density at radius 1 is 1.06 bits per heavy atom. The lowest BCUT2D eigenvalue weighted by Crippen LogP contribution is -2.59. The minimum absolute atomic E-state index is 0.0903. The average Bonchev–Trinajstić information content (AvgIpc) is 3.80. The number of amides is 3. The lowest BCUT2D eigenvalue weighted by Gasteiger charge is -2.39. The van der Waals surface area contributed by atoms with Crippen molar-refractivity contribution in [1.82, 2.24) is 10.2 Å². The Morgan fingerprint density at radius 3 is 2.35 bits per heavy atom. The predicted octanol–water partition coefficient (Wildman–Crippen LogP) is 4.56. The number of likely N-dealkylation sites (tertiary alicyclic amines) is 1. The standard InChI is InChI=1S/C40H52N4O7/c1-6-11-17-33(46)50-26-31(27-15-13-12-14-16-27)41-37(47)34-32-22-23-40(51-32)35(34)38(48)44(28(8-3)25-45)36(40)39(49)43(24-7-2)30-20-18-29(19-21-30)42(9-4)10-5/h6-7,12-16,18-21,28,31-32,34-36,45H,1-2,8-11,17,22-26H2,3-5H3,(H,41,47)/t28-,31+,32-,34+,35+,36-,40+/m0/s1. The molecule has 2 bridgehead atoms. The number of aliphatic hydroxyl groups is 1. The van der Waals surface area contributed by atoms with Crippen molar-refractivity contribution in [2.75, 3.05) is 42.6 Å². The van der Waals surface area contributed by atoms with Gasteiger partial charge < -0.3 is 34.6 Å². The van der Waals surface area contributed by atoms with Crippen molar-refractivity contribution in [3.8, 4) is 0 Å². The molecule has 3 fully saturated rings. The van der Waals surface area contributed by atoms with Gasteiger partial charge in [0.2, 0.25) is 11.8 Å². The third kappa shape index (κ3) is 7.32. The van der Waals surface area contributed by atoms with E-state index in [1.54, 1.807) is 17.1 Å². The second kappa shape index (κ2) is 16.7. The Morgan fingerprint density at radius 2 is 1.75 bits per heavy atom. The topological polar surface area (TPSA) is 129 Å². The summed E-state index contributed by atoms with van der Waals surface area (Å²) in [6.45, 7) is 15.0. The van der Waals surface area contributed by atoms with Gasteiger partial charge in [-0.2, -0.15) is 0 Å². The van der Waals surface area contributed by atoms with Gasteiger partial charge in [0.05, 0.1) is 36.6 Å². The first-order chi connectivity index (χ1) is 24.7. The third-order valence-electron chi connectivity index (χ3n) is 10.7. The van der Waals surface area contributed by atoms with Crippen molar-refractivity contribution in [3.63, 3.8) is 0 Å². The van der Waals surface area contributed by atoms with E-state index >= 15 is 0 Å². The van der Waals surface area contributed by atoms with E-state index in [9.17, 15) is 24.3 Å². The van der Waals surface area contributed by atoms with E-state index in [1.807, 2.05) is 61.5 Å². The van der Waals surface area contributed by atoms with E-state index in [-0.39, 0.29) is 38.0 Å². The number of rotatable bonds is 18. The summed E-state index contributed by atoms with van der Waals surface area (Å²) in [4.78, 5) is 61.6. The molecule has 1 spiro atoms. The number of carbonyl (C=O) groups is 4. The van der Waals surface area contributed by atoms with Crippen LogP contribution in [0.1, 0.15) is 64.5 Å². The van der Waals surface area contributed by atoms with Gasteiger partial charge in [0, 0.05) is 37.4 Å². The van der Waals surface area contributed by atoms with Gasteiger partial charge in [-0.1, -0.05) is 49.4 Å². The van der Waals surface area contributed by atoms with Crippen LogP contribution >= 0.6 is 0 Å². The van der Waals surface area contributed by atoms with Crippen LogP contribution in [-0.4, -0.2) is 90.3 Å². The van der Waals surface area contributed by atoms with E-state index in [2.05, 4.69) is 37.2 Å². The highest BCUT2D eigenvalue weighted by atomic mass is 16.5. The van der Waals surface area contributed by atoms with E-state index in [4.69, 9.17) is 9.47 Å². The molecule has 2 N–H and O–H groups in total. The van der Waals surface area contributed by atoms with E-state index < -0.39 is 53.5 Å². The largest absolute Gasteiger partial charge is 0.463 e. The maximum atomic E-state index is 14.9. The van der Waals surface area contributed by atoms with E-state index in [1.165, 1.54) is 4.90 Å². The molecule has 2 aromatic carbocycles. The highest BCUT2D eigenvalue weighted by molar-refractivity contribution is 6.05. The molecular formula is C40H52N4O7. The zero-order chi connectivity index (χ0) is 36.7. The molecule has 3 saturated heterocycles. The van der Waals surface area contributed by atoms with Gasteiger partial charge in [0.15, 0.2) is 0 Å². The predicted molar refractivity (Wildman–Crippen MR) is 196 cm³/mol. The molecule has 0 saturated carbocycles. The van der Waals surface area contributed by atoms with Gasteiger partial charge in [0.25, 0.3) is 5.91 Å². The normalized spacial score (nSPS) is 24.4. The molecule has 5 rings (SSSR count). The molecule has 0 aromatic heterocycles. The Hall–Kier alpha value is -4.48. The van der Waals surface area contributed by atoms with Crippen LogP contribution in [0.3, 0.4) is 0 Å². The number of allylic oxidation sites excluding steroid dienone is 1. The van der Waals surface area contributed by atoms with Crippen LogP contribution in [0, 0.1) is 11.8 Å². The number of benzene rings is 2. The van der Waals surface area contributed by atoms with Crippen molar-refractivity contribution < 1.29 is 33.8 Å². The maximum absolute atomic E-state index is 14.9. The Bertz CT molecular complexity index is 1560. The molecule has 3 heterocycles. The van der Waals surface area contributed by atoms with Crippen molar-refractivity contribution in [1.29, 1.82) is 0 Å². The highest BCUT2D eigenvalue weighted by Gasteiger charge is 2.75.